The molecule has 0 radical (unpaired) electrons. The van der Waals surface area contributed by atoms with E-state index in [0.717, 1.165) is 6.07 Å². The number of ketones is 1. The highest BCUT2D eigenvalue weighted by Gasteiger charge is 2.46. The first-order valence-electron chi connectivity index (χ1n) is 11.3. The number of hydrogen-bond acceptors (Lipinski definition) is 7. The van der Waals surface area contributed by atoms with Gasteiger partial charge in [0.15, 0.2) is 11.5 Å². The molecule has 1 atom stereocenters. The summed E-state index contributed by atoms with van der Waals surface area (Å²) in [6, 6.07) is 7.80. The second-order valence-electron chi connectivity index (χ2n) is 8.34. The van der Waals surface area contributed by atoms with E-state index in [-0.39, 0.29) is 23.4 Å². The molecular weight excluding hydrogens is 455 g/mol. The van der Waals surface area contributed by atoms with Gasteiger partial charge in [0.05, 0.1) is 38.0 Å². The predicted octanol–water partition coefficient (Wildman–Crippen LogP) is 3.62. The number of methoxy groups -OCH3 is 2. The Morgan fingerprint density at radius 3 is 2.37 bits per heavy atom. The van der Waals surface area contributed by atoms with Crippen LogP contribution >= 0.6 is 0 Å². The van der Waals surface area contributed by atoms with Crippen molar-refractivity contribution in [3.8, 4) is 17.2 Å². The van der Waals surface area contributed by atoms with Gasteiger partial charge in [-0.3, -0.25) is 9.59 Å². The number of halogens is 1. The van der Waals surface area contributed by atoms with Crippen LogP contribution in [0.5, 0.6) is 17.2 Å². The maximum absolute atomic E-state index is 14.1. The van der Waals surface area contributed by atoms with Gasteiger partial charge in [-0.05, 0) is 69.9 Å². The van der Waals surface area contributed by atoms with Crippen LogP contribution in [0.15, 0.2) is 42.0 Å². The molecule has 9 heteroatoms. The highest BCUT2D eigenvalue weighted by molar-refractivity contribution is 6.46. The monoisotopic (exact) mass is 486 g/mol. The van der Waals surface area contributed by atoms with Crippen LogP contribution in [0.25, 0.3) is 5.76 Å². The van der Waals surface area contributed by atoms with Gasteiger partial charge in [-0.25, -0.2) is 4.39 Å². The molecule has 1 fully saturated rings. The van der Waals surface area contributed by atoms with Crippen LogP contribution in [0, 0.1) is 5.82 Å². The molecule has 3 rings (SSSR count). The molecule has 188 valence electrons. The Hall–Kier alpha value is -3.59. The maximum Gasteiger partial charge on any atom is 0.295 e. The lowest BCUT2D eigenvalue weighted by molar-refractivity contribution is -0.139. The molecule has 35 heavy (non-hydrogen) atoms. The smallest absolute Gasteiger partial charge is 0.295 e. The lowest BCUT2D eigenvalue weighted by atomic mass is 9.94. The average molecular weight is 487 g/mol. The normalized spacial score (nSPS) is 17.2. The Labute approximate surface area is 204 Å². The summed E-state index contributed by atoms with van der Waals surface area (Å²) in [6.07, 6.45) is 0.605. The van der Waals surface area contributed by atoms with Crippen molar-refractivity contribution in [2.75, 3.05) is 48.0 Å². The zero-order valence-corrected chi connectivity index (χ0v) is 20.6. The van der Waals surface area contributed by atoms with Crippen molar-refractivity contribution < 1.29 is 33.3 Å². The van der Waals surface area contributed by atoms with Gasteiger partial charge in [-0.15, -0.1) is 0 Å². The van der Waals surface area contributed by atoms with Crippen LogP contribution in [-0.2, 0) is 9.59 Å². The van der Waals surface area contributed by atoms with E-state index in [1.165, 1.54) is 31.3 Å². The second-order valence-corrected chi connectivity index (χ2v) is 8.34. The van der Waals surface area contributed by atoms with E-state index < -0.39 is 29.3 Å². The quantitative estimate of drug-likeness (QED) is 0.312. The summed E-state index contributed by atoms with van der Waals surface area (Å²) in [4.78, 5) is 29.7. The van der Waals surface area contributed by atoms with Crippen molar-refractivity contribution >= 4 is 17.4 Å². The van der Waals surface area contributed by atoms with Crippen molar-refractivity contribution in [3.05, 3.63) is 58.9 Å². The van der Waals surface area contributed by atoms with Gasteiger partial charge >= 0.3 is 0 Å². The number of nitrogens with zero attached hydrogens (tertiary/aromatic N) is 2. The SMILES string of the molecule is CCOc1ccc(C2/C(=C(\O)c3cc(F)ccc3OC)C(=O)C(=O)N2CCCN(C)C)cc1OC. The number of amides is 1. The number of aliphatic hydroxyl groups excluding tert-OH is 1. The zero-order valence-electron chi connectivity index (χ0n) is 20.6. The van der Waals surface area contributed by atoms with E-state index in [2.05, 4.69) is 0 Å². The first kappa shape index (κ1) is 26.0. The molecule has 1 saturated heterocycles. The fourth-order valence-electron chi connectivity index (χ4n) is 4.15. The number of likely N-dealkylation sites (tertiary alicyclic amines) is 1. The molecular formula is C26H31FN2O6. The second kappa shape index (κ2) is 11.2. The van der Waals surface area contributed by atoms with E-state index in [1.807, 2.05) is 25.9 Å². The van der Waals surface area contributed by atoms with E-state index in [0.29, 0.717) is 36.6 Å². The van der Waals surface area contributed by atoms with Gasteiger partial charge in [0.25, 0.3) is 11.7 Å². The first-order chi connectivity index (χ1) is 16.7. The number of ether oxygens (including phenoxy) is 3. The topological polar surface area (TPSA) is 88.5 Å². The summed E-state index contributed by atoms with van der Waals surface area (Å²) in [5.74, 6) is -1.61. The molecule has 1 aliphatic heterocycles. The maximum atomic E-state index is 14.1. The van der Waals surface area contributed by atoms with Crippen molar-refractivity contribution in [3.63, 3.8) is 0 Å². The summed E-state index contributed by atoms with van der Waals surface area (Å²) < 4.78 is 30.4. The van der Waals surface area contributed by atoms with Crippen molar-refractivity contribution in [2.24, 2.45) is 0 Å². The Balaban J connectivity index is 2.20. The Morgan fingerprint density at radius 2 is 1.74 bits per heavy atom. The fourth-order valence-corrected chi connectivity index (χ4v) is 4.15. The molecule has 8 nitrogen and oxygen atoms in total. The third-order valence-electron chi connectivity index (χ3n) is 5.76. The Morgan fingerprint density at radius 1 is 1.06 bits per heavy atom. The summed E-state index contributed by atoms with van der Waals surface area (Å²) in [7, 11) is 6.70. The third-order valence-corrected chi connectivity index (χ3v) is 5.76. The van der Waals surface area contributed by atoms with Crippen molar-refractivity contribution in [1.82, 2.24) is 9.80 Å². The molecule has 1 N–H and O–H groups in total. The van der Waals surface area contributed by atoms with Crippen LogP contribution in [-0.4, -0.2) is 74.6 Å². The Kier molecular flexibility index (Phi) is 8.34. The molecule has 0 aromatic heterocycles. The van der Waals surface area contributed by atoms with Crippen LogP contribution in [0.2, 0.25) is 0 Å². The highest BCUT2D eigenvalue weighted by Crippen LogP contribution is 2.43. The molecule has 1 heterocycles. The van der Waals surface area contributed by atoms with E-state index >= 15 is 0 Å². The fraction of sp³-hybridized carbons (Fsp3) is 0.385. The lowest BCUT2D eigenvalue weighted by Crippen LogP contribution is -2.32. The van der Waals surface area contributed by atoms with Crippen LogP contribution in [0.4, 0.5) is 4.39 Å². The van der Waals surface area contributed by atoms with Gasteiger partial charge < -0.3 is 29.1 Å². The van der Waals surface area contributed by atoms with Crippen molar-refractivity contribution in [2.45, 2.75) is 19.4 Å². The first-order valence-corrected chi connectivity index (χ1v) is 11.3. The van der Waals surface area contributed by atoms with E-state index in [1.54, 1.807) is 18.2 Å². The zero-order chi connectivity index (χ0) is 25.7. The molecule has 0 bridgehead atoms. The van der Waals surface area contributed by atoms with E-state index in [4.69, 9.17) is 14.2 Å². The van der Waals surface area contributed by atoms with Gasteiger partial charge in [0.1, 0.15) is 17.3 Å². The Bertz CT molecular complexity index is 1130. The van der Waals surface area contributed by atoms with Gasteiger partial charge in [0, 0.05) is 6.54 Å². The number of benzene rings is 2. The van der Waals surface area contributed by atoms with Gasteiger partial charge in [-0.1, -0.05) is 6.07 Å². The molecule has 0 spiro atoms. The van der Waals surface area contributed by atoms with Crippen LogP contribution in [0.3, 0.4) is 0 Å². The van der Waals surface area contributed by atoms with Crippen molar-refractivity contribution in [1.29, 1.82) is 0 Å². The minimum absolute atomic E-state index is 0.0123. The molecule has 1 unspecified atom stereocenters. The minimum atomic E-state index is -0.908. The van der Waals surface area contributed by atoms with Gasteiger partial charge in [-0.2, -0.15) is 0 Å². The third kappa shape index (κ3) is 5.40. The molecule has 1 amide bonds. The molecule has 0 saturated carbocycles. The van der Waals surface area contributed by atoms with Crippen LogP contribution < -0.4 is 14.2 Å². The summed E-state index contributed by atoms with van der Waals surface area (Å²) >= 11 is 0. The molecule has 2 aromatic carbocycles. The summed E-state index contributed by atoms with van der Waals surface area (Å²) in [6.45, 7) is 3.25. The highest BCUT2D eigenvalue weighted by atomic mass is 19.1. The lowest BCUT2D eigenvalue weighted by Gasteiger charge is -2.26. The number of hydrogen-bond donors (Lipinski definition) is 1. The number of carbonyl (C=O) groups excluding carboxylic acids is 2. The molecule has 0 aliphatic carbocycles. The average Bonchev–Trinajstić information content (AvgIpc) is 3.08. The number of aliphatic hydroxyl groups is 1. The summed E-state index contributed by atoms with van der Waals surface area (Å²) in [5.41, 5.74) is 0.392. The van der Waals surface area contributed by atoms with E-state index in [9.17, 15) is 19.1 Å². The molecule has 1 aliphatic rings. The predicted molar refractivity (Wildman–Crippen MR) is 129 cm³/mol. The minimum Gasteiger partial charge on any atom is -0.507 e. The molecule has 2 aromatic rings. The number of rotatable bonds is 10. The summed E-state index contributed by atoms with van der Waals surface area (Å²) in [5, 5.41) is 11.2. The number of carbonyl (C=O) groups is 2. The van der Waals surface area contributed by atoms with Gasteiger partial charge in [0.2, 0.25) is 0 Å². The largest absolute Gasteiger partial charge is 0.507 e. The van der Waals surface area contributed by atoms with Crippen LogP contribution in [0.1, 0.15) is 30.5 Å². The standard InChI is InChI=1S/C26H31FN2O6/c1-6-35-20-10-8-16(14-21(20)34-5)23-22(24(30)18-15-17(27)9-11-19(18)33-4)25(31)26(32)29(23)13-7-12-28(2)3/h8-11,14-15,23,30H,6-7,12-13H2,1-5H3/b24-22+. The number of Topliss-reactive ketones (excluding diaryl/α,β-unsaturated/α-hetero) is 1.